The highest BCUT2D eigenvalue weighted by Crippen LogP contribution is 2.23. The van der Waals surface area contributed by atoms with Crippen LogP contribution in [0.4, 0.5) is 10.2 Å². The van der Waals surface area contributed by atoms with Crippen LogP contribution in [0.2, 0.25) is 5.02 Å². The van der Waals surface area contributed by atoms with Gasteiger partial charge in [0.1, 0.15) is 22.7 Å². The van der Waals surface area contributed by atoms with Gasteiger partial charge in [-0.2, -0.15) is 10.5 Å². The Morgan fingerprint density at radius 3 is 2.70 bits per heavy atom. The van der Waals surface area contributed by atoms with Gasteiger partial charge in [-0.1, -0.05) is 17.7 Å². The van der Waals surface area contributed by atoms with Crippen molar-refractivity contribution in [1.29, 1.82) is 10.5 Å². The molecule has 98 valence electrons. The molecule has 1 aromatic heterocycles. The average Bonchev–Trinajstić information content (AvgIpc) is 2.47. The van der Waals surface area contributed by atoms with Crippen molar-refractivity contribution in [3.8, 4) is 12.1 Å². The second kappa shape index (κ2) is 6.01. The summed E-state index contributed by atoms with van der Waals surface area (Å²) < 4.78 is 13.7. The van der Waals surface area contributed by atoms with Crippen molar-refractivity contribution in [1.82, 2.24) is 4.98 Å². The summed E-state index contributed by atoms with van der Waals surface area (Å²) in [7, 11) is 0. The van der Waals surface area contributed by atoms with E-state index in [9.17, 15) is 4.39 Å². The van der Waals surface area contributed by atoms with Gasteiger partial charge in [-0.15, -0.1) is 0 Å². The van der Waals surface area contributed by atoms with Crippen molar-refractivity contribution in [3.05, 3.63) is 58.0 Å². The first kappa shape index (κ1) is 13.8. The van der Waals surface area contributed by atoms with Crippen LogP contribution in [0, 0.1) is 28.5 Å². The molecule has 0 fully saturated rings. The standard InChI is InChI=1S/C14H8ClFN4/c15-13-10(7-18)3-4-19-14(13)20-8-11-2-1-9(6-17)5-12(11)16/h1-5H,8H2,(H,19,20). The van der Waals surface area contributed by atoms with E-state index in [-0.39, 0.29) is 17.1 Å². The number of aromatic nitrogens is 1. The zero-order chi connectivity index (χ0) is 14.5. The molecule has 1 N–H and O–H groups in total. The molecule has 0 saturated carbocycles. The summed E-state index contributed by atoms with van der Waals surface area (Å²) in [6.45, 7) is 0.152. The Balaban J connectivity index is 2.18. The van der Waals surface area contributed by atoms with Crippen LogP contribution in [0.1, 0.15) is 16.7 Å². The third kappa shape index (κ3) is 2.85. The zero-order valence-electron chi connectivity index (χ0n) is 10.2. The molecule has 0 radical (unpaired) electrons. The van der Waals surface area contributed by atoms with E-state index in [1.54, 1.807) is 0 Å². The predicted octanol–water partition coefficient (Wildman–Crippen LogP) is 3.23. The van der Waals surface area contributed by atoms with E-state index in [2.05, 4.69) is 10.3 Å². The van der Waals surface area contributed by atoms with Gasteiger partial charge in [-0.05, 0) is 18.2 Å². The van der Waals surface area contributed by atoms with Crippen molar-refractivity contribution < 1.29 is 4.39 Å². The van der Waals surface area contributed by atoms with Crippen LogP contribution in [-0.2, 0) is 6.54 Å². The van der Waals surface area contributed by atoms with Crippen LogP contribution in [-0.4, -0.2) is 4.98 Å². The third-order valence-electron chi connectivity index (χ3n) is 2.64. The smallest absolute Gasteiger partial charge is 0.146 e. The van der Waals surface area contributed by atoms with Crippen molar-refractivity contribution in [2.45, 2.75) is 6.54 Å². The van der Waals surface area contributed by atoms with Gasteiger partial charge >= 0.3 is 0 Å². The van der Waals surface area contributed by atoms with Crippen LogP contribution >= 0.6 is 11.6 Å². The van der Waals surface area contributed by atoms with Crippen LogP contribution in [0.25, 0.3) is 0 Å². The van der Waals surface area contributed by atoms with Crippen LogP contribution < -0.4 is 5.32 Å². The summed E-state index contributed by atoms with van der Waals surface area (Å²) in [5.41, 5.74) is 0.933. The lowest BCUT2D eigenvalue weighted by atomic mass is 10.1. The number of halogens is 2. The summed E-state index contributed by atoms with van der Waals surface area (Å²) in [6.07, 6.45) is 1.45. The van der Waals surface area contributed by atoms with Gasteiger partial charge in [0, 0.05) is 18.3 Å². The maximum Gasteiger partial charge on any atom is 0.146 e. The third-order valence-corrected chi connectivity index (χ3v) is 3.02. The molecule has 0 aliphatic heterocycles. The first-order valence-electron chi connectivity index (χ1n) is 5.62. The fourth-order valence-corrected chi connectivity index (χ4v) is 1.81. The van der Waals surface area contributed by atoms with E-state index in [4.69, 9.17) is 22.1 Å². The predicted molar refractivity (Wildman–Crippen MR) is 72.4 cm³/mol. The molecule has 4 nitrogen and oxygen atoms in total. The Bertz CT molecular complexity index is 731. The number of nitrogens with one attached hydrogen (secondary N) is 1. The molecule has 0 amide bonds. The van der Waals surface area contributed by atoms with Crippen molar-refractivity contribution in [2.75, 3.05) is 5.32 Å². The molecular weight excluding hydrogens is 279 g/mol. The van der Waals surface area contributed by atoms with Gasteiger partial charge < -0.3 is 5.32 Å². The fraction of sp³-hybridized carbons (Fsp3) is 0.0714. The number of nitrogens with zero attached hydrogens (tertiary/aromatic N) is 3. The number of rotatable bonds is 3. The molecule has 0 aliphatic rings. The van der Waals surface area contributed by atoms with Gasteiger partial charge in [-0.3, -0.25) is 0 Å². The van der Waals surface area contributed by atoms with E-state index >= 15 is 0 Å². The highest BCUT2D eigenvalue weighted by Gasteiger charge is 2.08. The number of nitriles is 2. The van der Waals surface area contributed by atoms with Crippen molar-refractivity contribution >= 4 is 17.4 Å². The Labute approximate surface area is 120 Å². The lowest BCUT2D eigenvalue weighted by molar-refractivity contribution is 0.612. The van der Waals surface area contributed by atoms with Gasteiger partial charge in [0.25, 0.3) is 0 Å². The Hall–Kier alpha value is -2.63. The lowest BCUT2D eigenvalue weighted by Crippen LogP contribution is -2.04. The topological polar surface area (TPSA) is 72.5 Å². The Morgan fingerprint density at radius 1 is 1.25 bits per heavy atom. The zero-order valence-corrected chi connectivity index (χ0v) is 10.9. The Kier molecular flexibility index (Phi) is 4.14. The molecular formula is C14H8ClFN4. The van der Waals surface area contributed by atoms with Gasteiger partial charge in [-0.25, -0.2) is 9.37 Å². The molecule has 0 atom stereocenters. The summed E-state index contributed by atoms with van der Waals surface area (Å²) >= 11 is 5.98. The second-order valence-electron chi connectivity index (χ2n) is 3.90. The van der Waals surface area contributed by atoms with Crippen LogP contribution in [0.5, 0.6) is 0 Å². The monoisotopic (exact) mass is 286 g/mol. The molecule has 0 bridgehead atoms. The molecule has 2 rings (SSSR count). The van der Waals surface area contributed by atoms with Gasteiger partial charge in [0.05, 0.1) is 17.2 Å². The molecule has 2 aromatic rings. The van der Waals surface area contributed by atoms with E-state index in [0.717, 1.165) is 6.07 Å². The number of anilines is 1. The molecule has 1 aromatic carbocycles. The first-order chi connectivity index (χ1) is 9.65. The molecule has 0 aliphatic carbocycles. The van der Waals surface area contributed by atoms with Crippen LogP contribution in [0.15, 0.2) is 30.5 Å². The molecule has 1 heterocycles. The minimum atomic E-state index is -0.482. The lowest BCUT2D eigenvalue weighted by Gasteiger charge is -2.09. The van der Waals surface area contributed by atoms with Crippen molar-refractivity contribution in [2.24, 2.45) is 0 Å². The van der Waals surface area contributed by atoms with E-state index in [0.29, 0.717) is 16.9 Å². The second-order valence-corrected chi connectivity index (χ2v) is 4.28. The fourth-order valence-electron chi connectivity index (χ4n) is 1.59. The summed E-state index contributed by atoms with van der Waals surface area (Å²) in [6, 6.07) is 9.51. The van der Waals surface area contributed by atoms with E-state index in [1.165, 1.54) is 24.4 Å². The first-order valence-corrected chi connectivity index (χ1v) is 6.00. The molecule has 20 heavy (non-hydrogen) atoms. The normalized spacial score (nSPS) is 9.60. The van der Waals surface area contributed by atoms with Crippen molar-refractivity contribution in [3.63, 3.8) is 0 Å². The van der Waals surface area contributed by atoms with Gasteiger partial charge in [0.2, 0.25) is 0 Å². The number of hydrogen-bond donors (Lipinski definition) is 1. The maximum absolute atomic E-state index is 13.7. The van der Waals surface area contributed by atoms with Crippen LogP contribution in [0.3, 0.4) is 0 Å². The van der Waals surface area contributed by atoms with Gasteiger partial charge in [0.15, 0.2) is 0 Å². The minimum Gasteiger partial charge on any atom is -0.365 e. The molecule has 6 heteroatoms. The number of hydrogen-bond acceptors (Lipinski definition) is 4. The molecule has 0 unspecified atom stereocenters. The maximum atomic E-state index is 13.7. The number of pyridine rings is 1. The molecule has 0 spiro atoms. The molecule has 0 saturated heterocycles. The minimum absolute atomic E-state index is 0.152. The van der Waals surface area contributed by atoms with E-state index in [1.807, 2.05) is 12.1 Å². The largest absolute Gasteiger partial charge is 0.365 e. The quantitative estimate of drug-likeness (QED) is 0.940. The highest BCUT2D eigenvalue weighted by atomic mass is 35.5. The summed E-state index contributed by atoms with van der Waals surface area (Å²) in [5, 5.41) is 20.6. The summed E-state index contributed by atoms with van der Waals surface area (Å²) in [4.78, 5) is 4.00. The Morgan fingerprint density at radius 2 is 2.05 bits per heavy atom. The average molecular weight is 287 g/mol. The highest BCUT2D eigenvalue weighted by molar-refractivity contribution is 6.34. The summed E-state index contributed by atoms with van der Waals surface area (Å²) in [5.74, 6) is -0.168. The SMILES string of the molecule is N#Cc1ccc(CNc2nccc(C#N)c2Cl)c(F)c1. The number of benzene rings is 1. The van der Waals surface area contributed by atoms with E-state index < -0.39 is 5.82 Å².